The molecule has 0 aromatic heterocycles. The Kier molecular flexibility index (Phi) is 11.4. The van der Waals surface area contributed by atoms with Crippen molar-refractivity contribution in [2.75, 3.05) is 26.9 Å². The van der Waals surface area contributed by atoms with Gasteiger partial charge in [-0.25, -0.2) is 0 Å². The summed E-state index contributed by atoms with van der Waals surface area (Å²) in [6, 6.07) is 27.9. The van der Waals surface area contributed by atoms with Gasteiger partial charge in [0.25, 0.3) is 0 Å². The van der Waals surface area contributed by atoms with Crippen LogP contribution in [0.5, 0.6) is 34.5 Å². The SMILES string of the molecule is COc1ccc(OCPOc2ccccc2-c2ccccc2OPCOc2ccc(OC)cc2C(C)(C)C)c(C(C)(C)C)c1. The molecule has 0 aliphatic carbocycles. The summed E-state index contributed by atoms with van der Waals surface area (Å²) in [5, 5.41) is 0. The van der Waals surface area contributed by atoms with E-state index < -0.39 is 0 Å². The van der Waals surface area contributed by atoms with Gasteiger partial charge < -0.3 is 28.0 Å². The molecule has 0 aliphatic heterocycles. The predicted molar refractivity (Wildman–Crippen MR) is 184 cm³/mol. The minimum atomic E-state index is -0.0840. The van der Waals surface area contributed by atoms with Crippen LogP contribution in [0, 0.1) is 0 Å². The molecule has 234 valence electrons. The molecule has 0 spiro atoms. The largest absolute Gasteiger partial charge is 0.497 e. The van der Waals surface area contributed by atoms with Gasteiger partial charge in [-0.3, -0.25) is 0 Å². The van der Waals surface area contributed by atoms with Gasteiger partial charge in [-0.2, -0.15) is 0 Å². The van der Waals surface area contributed by atoms with E-state index in [0.717, 1.165) is 56.8 Å². The molecule has 0 heterocycles. The molecule has 6 nitrogen and oxygen atoms in total. The molecule has 0 bridgehead atoms. The number of ether oxygens (including phenoxy) is 4. The Morgan fingerprint density at radius 2 is 0.886 bits per heavy atom. The molecule has 0 aliphatic rings. The van der Waals surface area contributed by atoms with Crippen LogP contribution in [0.4, 0.5) is 0 Å². The van der Waals surface area contributed by atoms with Crippen LogP contribution in [-0.4, -0.2) is 26.9 Å². The predicted octanol–water partition coefficient (Wildman–Crippen LogP) is 9.98. The Balaban J connectivity index is 1.40. The van der Waals surface area contributed by atoms with Crippen molar-refractivity contribution < 1.29 is 28.0 Å². The fourth-order valence-electron chi connectivity index (χ4n) is 4.68. The summed E-state index contributed by atoms with van der Waals surface area (Å²) in [4.78, 5) is 0. The number of hydrogen-bond acceptors (Lipinski definition) is 6. The lowest BCUT2D eigenvalue weighted by molar-refractivity contribution is 0.363. The number of para-hydroxylation sites is 2. The molecule has 2 unspecified atom stereocenters. The summed E-state index contributed by atoms with van der Waals surface area (Å²) in [5.74, 6) is 4.88. The van der Waals surface area contributed by atoms with Crippen molar-refractivity contribution in [3.63, 3.8) is 0 Å². The fourth-order valence-corrected chi connectivity index (χ4v) is 5.89. The molecular formula is C36H44O6P2. The summed E-state index contributed by atoms with van der Waals surface area (Å²) >= 11 is 0. The Morgan fingerprint density at radius 3 is 1.25 bits per heavy atom. The highest BCUT2D eigenvalue weighted by atomic mass is 31.1. The Labute approximate surface area is 266 Å². The van der Waals surface area contributed by atoms with Gasteiger partial charge in [0, 0.05) is 22.3 Å². The molecule has 0 saturated carbocycles. The van der Waals surface area contributed by atoms with E-state index in [1.165, 1.54) is 0 Å². The first-order valence-corrected chi connectivity index (χ1v) is 16.8. The molecule has 0 amide bonds. The summed E-state index contributed by atoms with van der Waals surface area (Å²) in [5.41, 5.74) is 3.95. The number of hydrogen-bond donors (Lipinski definition) is 0. The van der Waals surface area contributed by atoms with Crippen LogP contribution in [0.15, 0.2) is 84.9 Å². The van der Waals surface area contributed by atoms with E-state index >= 15 is 0 Å². The second kappa shape index (κ2) is 15.0. The van der Waals surface area contributed by atoms with Crippen LogP contribution < -0.4 is 28.0 Å². The lowest BCUT2D eigenvalue weighted by Crippen LogP contribution is -2.13. The molecule has 4 rings (SSSR count). The van der Waals surface area contributed by atoms with Gasteiger partial charge >= 0.3 is 0 Å². The number of rotatable bonds is 13. The zero-order chi connectivity index (χ0) is 31.7. The average molecular weight is 635 g/mol. The van der Waals surface area contributed by atoms with Gasteiger partial charge in [-0.05, 0) is 59.4 Å². The molecule has 0 radical (unpaired) electrons. The molecule has 4 aromatic carbocycles. The van der Waals surface area contributed by atoms with Gasteiger partial charge in [0.15, 0.2) is 0 Å². The first-order valence-electron chi connectivity index (χ1n) is 14.6. The standard InChI is InChI=1S/C36H44O6P2/c1-35(2,3)29-21-25(37-7)17-19-33(29)39-23-43-41-31-15-11-9-13-27(31)28-14-10-12-16-32(28)42-44-24-40-34-20-18-26(38-8)22-30(34)36(4,5)6/h9-22,43-44H,23-24H2,1-8H3. The molecule has 0 N–H and O–H groups in total. The van der Waals surface area contributed by atoms with Crippen LogP contribution in [-0.2, 0) is 10.8 Å². The maximum atomic E-state index is 6.28. The van der Waals surface area contributed by atoms with Crippen molar-refractivity contribution in [1.29, 1.82) is 0 Å². The monoisotopic (exact) mass is 634 g/mol. The Hall–Kier alpha value is -3.46. The smallest absolute Gasteiger partial charge is 0.140 e. The molecule has 44 heavy (non-hydrogen) atoms. The lowest BCUT2D eigenvalue weighted by atomic mass is 9.86. The summed E-state index contributed by atoms with van der Waals surface area (Å²) in [7, 11) is 3.57. The second-order valence-electron chi connectivity index (χ2n) is 12.3. The van der Waals surface area contributed by atoms with Gasteiger partial charge in [0.2, 0.25) is 0 Å². The average Bonchev–Trinajstić information content (AvgIpc) is 3.01. The van der Waals surface area contributed by atoms with Crippen molar-refractivity contribution in [2.45, 2.75) is 52.4 Å². The van der Waals surface area contributed by atoms with E-state index in [0.29, 0.717) is 12.7 Å². The third kappa shape index (κ3) is 8.80. The second-order valence-corrected chi connectivity index (χ2v) is 13.8. The molecular weight excluding hydrogens is 590 g/mol. The number of benzene rings is 4. The highest BCUT2D eigenvalue weighted by Gasteiger charge is 2.21. The highest BCUT2D eigenvalue weighted by Crippen LogP contribution is 2.41. The molecule has 0 fully saturated rings. The first kappa shape index (κ1) is 33.4. The van der Waals surface area contributed by atoms with E-state index in [-0.39, 0.29) is 28.4 Å². The van der Waals surface area contributed by atoms with Gasteiger partial charge in [0.1, 0.15) is 64.8 Å². The van der Waals surface area contributed by atoms with Crippen LogP contribution in [0.25, 0.3) is 11.1 Å². The van der Waals surface area contributed by atoms with Crippen molar-refractivity contribution in [2.24, 2.45) is 0 Å². The minimum Gasteiger partial charge on any atom is -0.497 e. The van der Waals surface area contributed by atoms with E-state index in [2.05, 4.69) is 53.7 Å². The van der Waals surface area contributed by atoms with Crippen LogP contribution in [0.3, 0.4) is 0 Å². The van der Waals surface area contributed by atoms with Crippen molar-refractivity contribution >= 4 is 17.6 Å². The Bertz CT molecular complexity index is 1410. The maximum absolute atomic E-state index is 6.28. The third-order valence-corrected chi connectivity index (χ3v) is 8.24. The quantitative estimate of drug-likeness (QED) is 0.108. The minimum absolute atomic E-state index is 0.0840. The number of methoxy groups -OCH3 is 2. The summed E-state index contributed by atoms with van der Waals surface area (Å²) in [6.07, 6.45) is 0.866. The molecule has 8 heteroatoms. The Morgan fingerprint density at radius 1 is 0.500 bits per heavy atom. The molecule has 0 saturated heterocycles. The maximum Gasteiger partial charge on any atom is 0.140 e. The van der Waals surface area contributed by atoms with Crippen LogP contribution in [0.1, 0.15) is 52.7 Å². The van der Waals surface area contributed by atoms with Crippen LogP contribution in [0.2, 0.25) is 0 Å². The zero-order valence-corrected chi connectivity index (χ0v) is 28.9. The zero-order valence-electron chi connectivity index (χ0n) is 26.9. The summed E-state index contributed by atoms with van der Waals surface area (Å²) in [6.45, 7) is 13.0. The van der Waals surface area contributed by atoms with Crippen molar-refractivity contribution in [3.05, 3.63) is 96.1 Å². The van der Waals surface area contributed by atoms with Crippen molar-refractivity contribution in [1.82, 2.24) is 0 Å². The van der Waals surface area contributed by atoms with Gasteiger partial charge in [0.05, 0.1) is 14.2 Å². The van der Waals surface area contributed by atoms with Gasteiger partial charge in [-0.15, -0.1) is 0 Å². The molecule has 2 atom stereocenters. The molecule has 4 aromatic rings. The first-order chi connectivity index (χ1) is 21.0. The highest BCUT2D eigenvalue weighted by molar-refractivity contribution is 7.32. The van der Waals surface area contributed by atoms with E-state index in [1.54, 1.807) is 14.2 Å². The van der Waals surface area contributed by atoms with E-state index in [9.17, 15) is 0 Å². The topological polar surface area (TPSA) is 55.4 Å². The van der Waals surface area contributed by atoms with Crippen molar-refractivity contribution in [3.8, 4) is 45.6 Å². The third-order valence-electron chi connectivity index (χ3n) is 6.99. The van der Waals surface area contributed by atoms with Crippen LogP contribution >= 0.6 is 17.6 Å². The van der Waals surface area contributed by atoms with E-state index in [4.69, 9.17) is 28.0 Å². The van der Waals surface area contributed by atoms with Gasteiger partial charge in [-0.1, -0.05) is 77.9 Å². The van der Waals surface area contributed by atoms with E-state index in [1.807, 2.05) is 72.8 Å². The summed E-state index contributed by atoms with van der Waals surface area (Å²) < 4.78 is 35.8. The normalized spacial score (nSPS) is 12.1. The fraction of sp³-hybridized carbons (Fsp3) is 0.333. The lowest BCUT2D eigenvalue weighted by Gasteiger charge is -2.23.